The molecule has 0 radical (unpaired) electrons. The lowest BCUT2D eigenvalue weighted by Gasteiger charge is -2.48. The Kier molecular flexibility index (Phi) is 5.36. The van der Waals surface area contributed by atoms with Gasteiger partial charge in [-0.1, -0.05) is 42.5 Å². The molecule has 1 aliphatic rings. The van der Waals surface area contributed by atoms with E-state index in [0.29, 0.717) is 5.56 Å². The third kappa shape index (κ3) is 4.10. The fourth-order valence-corrected chi connectivity index (χ4v) is 4.83. The van der Waals surface area contributed by atoms with Gasteiger partial charge in [0, 0.05) is 19.0 Å². The van der Waals surface area contributed by atoms with Crippen LogP contribution in [0.5, 0.6) is 0 Å². The van der Waals surface area contributed by atoms with E-state index >= 15 is 0 Å². The first-order chi connectivity index (χ1) is 13.6. The minimum absolute atomic E-state index is 0.0251. The number of hydrogen-bond donors (Lipinski definition) is 2. The summed E-state index contributed by atoms with van der Waals surface area (Å²) in [7, 11) is -4.45. The number of carboxylic acid groups (broad SMARTS) is 1. The molecule has 0 unspecified atom stereocenters. The molecule has 1 aliphatic heterocycles. The first-order valence-corrected chi connectivity index (χ1v) is 9.95. The van der Waals surface area contributed by atoms with Gasteiger partial charge >= 0.3 is 5.97 Å². The molecule has 0 spiro atoms. The SMILES string of the molecule is O=C(O)CN1C[C@](Cc2ccccc2)(NS(=O)(=O)c2ccccc2[N+](=O)[O-])C1=O. The first kappa shape index (κ1) is 20.4. The number of benzene rings is 2. The Labute approximate surface area is 166 Å². The van der Waals surface area contributed by atoms with Crippen molar-refractivity contribution in [1.82, 2.24) is 9.62 Å². The van der Waals surface area contributed by atoms with Crippen molar-refractivity contribution in [2.75, 3.05) is 13.1 Å². The van der Waals surface area contributed by atoms with E-state index in [1.54, 1.807) is 30.3 Å². The normalized spacial score (nSPS) is 18.9. The number of sulfonamides is 1. The number of para-hydroxylation sites is 1. The van der Waals surface area contributed by atoms with Crippen LogP contribution in [-0.4, -0.2) is 53.9 Å². The molecule has 10 nitrogen and oxygen atoms in total. The third-order valence-electron chi connectivity index (χ3n) is 4.51. The van der Waals surface area contributed by atoms with Crippen LogP contribution in [0.4, 0.5) is 5.69 Å². The number of nitrogens with zero attached hydrogens (tertiary/aromatic N) is 2. The van der Waals surface area contributed by atoms with Gasteiger partial charge in [-0.25, -0.2) is 8.42 Å². The van der Waals surface area contributed by atoms with Crippen molar-refractivity contribution in [3.63, 3.8) is 0 Å². The minimum Gasteiger partial charge on any atom is -0.480 e. The van der Waals surface area contributed by atoms with Crippen LogP contribution in [0.2, 0.25) is 0 Å². The summed E-state index contributed by atoms with van der Waals surface area (Å²) < 4.78 is 28.2. The summed E-state index contributed by atoms with van der Waals surface area (Å²) in [5.41, 5.74) is -1.59. The highest BCUT2D eigenvalue weighted by molar-refractivity contribution is 7.89. The van der Waals surface area contributed by atoms with E-state index in [-0.39, 0.29) is 13.0 Å². The van der Waals surface area contributed by atoms with Crippen LogP contribution < -0.4 is 4.72 Å². The van der Waals surface area contributed by atoms with E-state index < -0.39 is 49.5 Å². The number of β-lactam (4-membered cyclic amide) rings is 1. The lowest BCUT2D eigenvalue weighted by Crippen LogP contribution is -2.75. The standard InChI is InChI=1S/C18H17N3O7S/c22-16(23)11-20-12-18(17(20)24,10-13-6-2-1-3-7-13)19-29(27,28)15-9-5-4-8-14(15)21(25)26/h1-9,19H,10-12H2,(H,22,23)/t18-/m0/s1. The van der Waals surface area contributed by atoms with Gasteiger partial charge in [0.05, 0.1) is 4.92 Å². The second kappa shape index (κ2) is 7.60. The quantitative estimate of drug-likeness (QED) is 0.365. The molecule has 11 heteroatoms. The molecule has 29 heavy (non-hydrogen) atoms. The Balaban J connectivity index is 1.97. The molecule has 2 N–H and O–H groups in total. The maximum absolute atomic E-state index is 12.9. The number of nitrogens with one attached hydrogen (secondary N) is 1. The lowest BCUT2D eigenvalue weighted by molar-refractivity contribution is -0.387. The zero-order valence-corrected chi connectivity index (χ0v) is 15.8. The zero-order valence-electron chi connectivity index (χ0n) is 15.0. The summed E-state index contributed by atoms with van der Waals surface area (Å²) in [5.74, 6) is -1.93. The van der Waals surface area contributed by atoms with Crippen LogP contribution in [-0.2, 0) is 26.0 Å². The molecular formula is C18H17N3O7S. The number of rotatable bonds is 8. The largest absolute Gasteiger partial charge is 0.480 e. The fourth-order valence-electron chi connectivity index (χ4n) is 3.30. The van der Waals surface area contributed by atoms with Gasteiger partial charge < -0.3 is 10.0 Å². The number of carboxylic acids is 1. The maximum Gasteiger partial charge on any atom is 0.323 e. The molecule has 1 amide bonds. The van der Waals surface area contributed by atoms with E-state index in [1.807, 2.05) is 0 Å². The van der Waals surface area contributed by atoms with Crippen molar-refractivity contribution in [3.8, 4) is 0 Å². The molecular weight excluding hydrogens is 402 g/mol. The summed E-state index contributed by atoms with van der Waals surface area (Å²) in [6.45, 7) is -0.741. The third-order valence-corrected chi connectivity index (χ3v) is 6.10. The minimum atomic E-state index is -4.45. The summed E-state index contributed by atoms with van der Waals surface area (Å²) in [5, 5.41) is 20.1. The molecule has 1 fully saturated rings. The molecule has 0 bridgehead atoms. The van der Waals surface area contributed by atoms with Crippen molar-refractivity contribution in [1.29, 1.82) is 0 Å². The van der Waals surface area contributed by atoms with Crippen molar-refractivity contribution >= 4 is 27.6 Å². The topological polar surface area (TPSA) is 147 Å². The Bertz CT molecular complexity index is 1070. The lowest BCUT2D eigenvalue weighted by atomic mass is 9.83. The van der Waals surface area contributed by atoms with Crippen LogP contribution in [0.25, 0.3) is 0 Å². The smallest absolute Gasteiger partial charge is 0.323 e. The summed E-state index contributed by atoms with van der Waals surface area (Å²) in [6.07, 6.45) is -0.0251. The number of nitro benzene ring substituents is 1. The molecule has 152 valence electrons. The zero-order chi connectivity index (χ0) is 21.2. The molecule has 2 aromatic carbocycles. The monoisotopic (exact) mass is 419 g/mol. The van der Waals surface area contributed by atoms with Gasteiger partial charge in [0.1, 0.15) is 12.1 Å². The van der Waals surface area contributed by atoms with Crippen LogP contribution in [0.15, 0.2) is 59.5 Å². The van der Waals surface area contributed by atoms with Gasteiger partial charge in [-0.2, -0.15) is 4.72 Å². The van der Waals surface area contributed by atoms with Gasteiger partial charge in [-0.05, 0) is 11.6 Å². The molecule has 0 aromatic heterocycles. The highest BCUT2D eigenvalue weighted by atomic mass is 32.2. The maximum atomic E-state index is 12.9. The van der Waals surface area contributed by atoms with Crippen LogP contribution in [0.1, 0.15) is 5.56 Å². The molecule has 0 aliphatic carbocycles. The number of likely N-dealkylation sites (tertiary alicyclic amines) is 1. The van der Waals surface area contributed by atoms with Crippen molar-refractivity contribution in [2.45, 2.75) is 16.9 Å². The van der Waals surface area contributed by atoms with Crippen molar-refractivity contribution < 1.29 is 28.0 Å². The van der Waals surface area contributed by atoms with Crippen molar-refractivity contribution in [2.24, 2.45) is 0 Å². The molecule has 0 saturated carbocycles. The highest BCUT2D eigenvalue weighted by Crippen LogP contribution is 2.31. The van der Waals surface area contributed by atoms with Gasteiger partial charge in [0.15, 0.2) is 4.90 Å². The van der Waals surface area contributed by atoms with Crippen LogP contribution in [0.3, 0.4) is 0 Å². The second-order valence-corrected chi connectivity index (χ2v) is 8.28. The molecule has 3 rings (SSSR count). The van der Waals surface area contributed by atoms with E-state index in [2.05, 4.69) is 4.72 Å². The van der Waals surface area contributed by atoms with Gasteiger partial charge in [-0.3, -0.25) is 19.7 Å². The van der Waals surface area contributed by atoms with Crippen molar-refractivity contribution in [3.05, 3.63) is 70.3 Å². The molecule has 2 aromatic rings. The summed E-state index contributed by atoms with van der Waals surface area (Å²) >= 11 is 0. The Morgan fingerprint density at radius 2 is 1.79 bits per heavy atom. The highest BCUT2D eigenvalue weighted by Gasteiger charge is 2.55. The first-order valence-electron chi connectivity index (χ1n) is 8.47. The number of hydrogen-bond acceptors (Lipinski definition) is 6. The average Bonchev–Trinajstić information content (AvgIpc) is 2.67. The van der Waals surface area contributed by atoms with Crippen LogP contribution >= 0.6 is 0 Å². The number of aliphatic carboxylic acids is 1. The number of carbonyl (C=O) groups excluding carboxylic acids is 1. The van der Waals surface area contributed by atoms with E-state index in [4.69, 9.17) is 5.11 Å². The van der Waals surface area contributed by atoms with E-state index in [0.717, 1.165) is 17.0 Å². The Hall–Kier alpha value is -3.31. The number of carbonyl (C=O) groups is 2. The van der Waals surface area contributed by atoms with Gasteiger partial charge in [0.25, 0.3) is 5.69 Å². The molecule has 1 saturated heterocycles. The average molecular weight is 419 g/mol. The predicted octanol–water partition coefficient (Wildman–Crippen LogP) is 0.781. The Morgan fingerprint density at radius 1 is 1.17 bits per heavy atom. The summed E-state index contributed by atoms with van der Waals surface area (Å²) in [6, 6.07) is 13.4. The Morgan fingerprint density at radius 3 is 2.38 bits per heavy atom. The van der Waals surface area contributed by atoms with Gasteiger partial charge in [0.2, 0.25) is 15.9 Å². The second-order valence-electron chi connectivity index (χ2n) is 6.63. The van der Waals surface area contributed by atoms with Crippen LogP contribution in [0, 0.1) is 10.1 Å². The number of nitro groups is 1. The molecule has 1 heterocycles. The van der Waals surface area contributed by atoms with E-state index in [9.17, 15) is 28.1 Å². The predicted molar refractivity (Wildman–Crippen MR) is 101 cm³/mol. The summed E-state index contributed by atoms with van der Waals surface area (Å²) in [4.78, 5) is 34.5. The van der Waals surface area contributed by atoms with Gasteiger partial charge in [-0.15, -0.1) is 0 Å². The molecule has 1 atom stereocenters. The fraction of sp³-hybridized carbons (Fsp3) is 0.222. The number of amides is 1. The van der Waals surface area contributed by atoms with E-state index in [1.165, 1.54) is 12.1 Å².